The molecule has 2 heterocycles. The quantitative estimate of drug-likeness (QED) is 0.333. The van der Waals surface area contributed by atoms with Gasteiger partial charge in [-0.15, -0.1) is 11.3 Å². The molecule has 0 unspecified atom stereocenters. The third kappa shape index (κ3) is 7.84. The van der Waals surface area contributed by atoms with Crippen LogP contribution in [0.15, 0.2) is 72.1 Å². The topological polar surface area (TPSA) is 27.7 Å². The van der Waals surface area contributed by atoms with Gasteiger partial charge in [0.25, 0.3) is 0 Å². The van der Waals surface area contributed by atoms with E-state index >= 15 is 0 Å². The number of anilines is 1. The highest BCUT2D eigenvalue weighted by atomic mass is 32.1. The standard InChI is InChI=1S/C27H33N3OS2/c32-27(28-23-13-15-25(16-14-23)31-24-10-4-3-5-11-24)30(22-26-12-8-21-33-26)20-9-19-29-17-6-1-2-7-18-29/h3-5,8,10-16,21H,1-2,6-7,9,17-20,22H2,(H,28,32). The first kappa shape index (κ1) is 23.7. The second kappa shape index (κ2) is 12.7. The van der Waals surface area contributed by atoms with Crippen LogP contribution in [0.2, 0.25) is 0 Å². The Labute approximate surface area is 207 Å². The highest BCUT2D eigenvalue weighted by Gasteiger charge is 2.14. The maximum absolute atomic E-state index is 5.90. The lowest BCUT2D eigenvalue weighted by Crippen LogP contribution is -2.36. The van der Waals surface area contributed by atoms with Gasteiger partial charge in [0.15, 0.2) is 5.11 Å². The van der Waals surface area contributed by atoms with E-state index in [9.17, 15) is 0 Å². The monoisotopic (exact) mass is 479 g/mol. The van der Waals surface area contributed by atoms with E-state index in [2.05, 4.69) is 32.6 Å². The van der Waals surface area contributed by atoms with Crippen molar-refractivity contribution in [2.24, 2.45) is 0 Å². The van der Waals surface area contributed by atoms with Crippen molar-refractivity contribution in [3.8, 4) is 11.5 Å². The summed E-state index contributed by atoms with van der Waals surface area (Å²) in [4.78, 5) is 6.26. The molecule has 0 amide bonds. The fourth-order valence-corrected chi connectivity index (χ4v) is 5.11. The molecule has 0 radical (unpaired) electrons. The van der Waals surface area contributed by atoms with Crippen molar-refractivity contribution in [3.63, 3.8) is 0 Å². The van der Waals surface area contributed by atoms with Gasteiger partial charge in [-0.3, -0.25) is 0 Å². The van der Waals surface area contributed by atoms with Crippen LogP contribution in [0.4, 0.5) is 5.69 Å². The second-order valence-corrected chi connectivity index (χ2v) is 9.90. The first-order valence-electron chi connectivity index (χ1n) is 11.9. The lowest BCUT2D eigenvalue weighted by molar-refractivity contribution is 0.266. The fraction of sp³-hybridized carbons (Fsp3) is 0.370. The van der Waals surface area contributed by atoms with E-state index in [1.165, 1.54) is 43.6 Å². The Morgan fingerprint density at radius 1 is 0.909 bits per heavy atom. The van der Waals surface area contributed by atoms with Crippen LogP contribution in [0.25, 0.3) is 0 Å². The number of hydrogen-bond donors (Lipinski definition) is 1. The van der Waals surface area contributed by atoms with Crippen molar-refractivity contribution in [2.45, 2.75) is 38.6 Å². The molecular formula is C27H33N3OS2. The SMILES string of the molecule is S=C(Nc1ccc(Oc2ccccc2)cc1)N(CCCN1CCCCCC1)Cc1cccs1. The number of nitrogens with one attached hydrogen (secondary N) is 1. The number of thiocarbonyl (C=S) groups is 1. The first-order chi connectivity index (χ1) is 16.3. The largest absolute Gasteiger partial charge is 0.457 e. The molecule has 0 aliphatic carbocycles. The molecule has 2 aromatic carbocycles. The lowest BCUT2D eigenvalue weighted by Gasteiger charge is -2.27. The van der Waals surface area contributed by atoms with Gasteiger partial charge in [0, 0.05) is 17.1 Å². The van der Waals surface area contributed by atoms with Gasteiger partial charge in [-0.05, 0) is 99.0 Å². The molecule has 174 valence electrons. The molecule has 3 aromatic rings. The predicted molar refractivity (Wildman–Crippen MR) is 143 cm³/mol. The average molecular weight is 480 g/mol. The Bertz CT molecular complexity index is 953. The van der Waals surface area contributed by atoms with Gasteiger partial charge in [0.1, 0.15) is 11.5 Å². The molecule has 1 saturated heterocycles. The van der Waals surface area contributed by atoms with Crippen LogP contribution in [-0.4, -0.2) is 41.1 Å². The number of ether oxygens (including phenoxy) is 1. The van der Waals surface area contributed by atoms with E-state index in [0.717, 1.165) is 48.4 Å². The summed E-state index contributed by atoms with van der Waals surface area (Å²) in [6.45, 7) is 5.43. The van der Waals surface area contributed by atoms with Gasteiger partial charge in [0.2, 0.25) is 0 Å². The smallest absolute Gasteiger partial charge is 0.173 e. The molecule has 0 spiro atoms. The lowest BCUT2D eigenvalue weighted by atomic mass is 10.2. The van der Waals surface area contributed by atoms with Crippen molar-refractivity contribution in [2.75, 3.05) is 31.5 Å². The molecule has 33 heavy (non-hydrogen) atoms. The van der Waals surface area contributed by atoms with Gasteiger partial charge < -0.3 is 19.9 Å². The molecule has 1 N–H and O–H groups in total. The number of likely N-dealkylation sites (tertiary alicyclic amines) is 1. The fourth-order valence-electron chi connectivity index (χ4n) is 4.12. The highest BCUT2D eigenvalue weighted by Crippen LogP contribution is 2.23. The van der Waals surface area contributed by atoms with Gasteiger partial charge >= 0.3 is 0 Å². The number of hydrogen-bond acceptors (Lipinski definition) is 4. The van der Waals surface area contributed by atoms with Crippen molar-refractivity contribution in [1.29, 1.82) is 0 Å². The Balaban J connectivity index is 1.32. The van der Waals surface area contributed by atoms with Gasteiger partial charge in [-0.2, -0.15) is 0 Å². The van der Waals surface area contributed by atoms with Crippen LogP contribution in [0.3, 0.4) is 0 Å². The summed E-state index contributed by atoms with van der Waals surface area (Å²) < 4.78 is 5.90. The van der Waals surface area contributed by atoms with E-state index in [-0.39, 0.29) is 0 Å². The normalized spacial score (nSPS) is 14.4. The molecule has 4 rings (SSSR count). The van der Waals surface area contributed by atoms with Crippen LogP contribution in [-0.2, 0) is 6.54 Å². The van der Waals surface area contributed by atoms with E-state index in [0.29, 0.717) is 0 Å². The number of rotatable bonds is 9. The van der Waals surface area contributed by atoms with Crippen LogP contribution in [0.5, 0.6) is 11.5 Å². The minimum Gasteiger partial charge on any atom is -0.457 e. The van der Waals surface area contributed by atoms with Crippen molar-refractivity contribution < 1.29 is 4.74 Å². The van der Waals surface area contributed by atoms with E-state index in [4.69, 9.17) is 17.0 Å². The maximum Gasteiger partial charge on any atom is 0.173 e. The number of para-hydroxylation sites is 1. The molecule has 0 bridgehead atoms. The summed E-state index contributed by atoms with van der Waals surface area (Å²) in [5, 5.41) is 6.34. The third-order valence-corrected chi connectivity index (χ3v) is 7.12. The van der Waals surface area contributed by atoms with Crippen LogP contribution >= 0.6 is 23.6 Å². The second-order valence-electron chi connectivity index (χ2n) is 8.48. The van der Waals surface area contributed by atoms with E-state index in [1.54, 1.807) is 11.3 Å². The minimum atomic E-state index is 0.774. The van der Waals surface area contributed by atoms with Crippen LogP contribution < -0.4 is 10.1 Å². The van der Waals surface area contributed by atoms with E-state index in [1.807, 2.05) is 54.6 Å². The Morgan fingerprint density at radius 2 is 1.64 bits per heavy atom. The van der Waals surface area contributed by atoms with Gasteiger partial charge in [-0.25, -0.2) is 0 Å². The molecular weight excluding hydrogens is 446 g/mol. The zero-order chi connectivity index (χ0) is 22.7. The van der Waals surface area contributed by atoms with Crippen molar-refractivity contribution in [3.05, 3.63) is 77.0 Å². The van der Waals surface area contributed by atoms with Crippen LogP contribution in [0, 0.1) is 0 Å². The number of nitrogens with zero attached hydrogens (tertiary/aromatic N) is 2. The molecule has 1 aliphatic rings. The Kier molecular flexibility index (Phi) is 9.16. The van der Waals surface area contributed by atoms with Gasteiger partial charge in [-0.1, -0.05) is 37.1 Å². The molecule has 1 fully saturated rings. The van der Waals surface area contributed by atoms with Crippen LogP contribution in [0.1, 0.15) is 37.0 Å². The molecule has 6 heteroatoms. The zero-order valence-electron chi connectivity index (χ0n) is 19.1. The highest BCUT2D eigenvalue weighted by molar-refractivity contribution is 7.80. The molecule has 4 nitrogen and oxygen atoms in total. The number of benzene rings is 2. The summed E-state index contributed by atoms with van der Waals surface area (Å²) in [6, 6.07) is 22.1. The number of thiophene rings is 1. The van der Waals surface area contributed by atoms with Gasteiger partial charge in [0.05, 0.1) is 6.54 Å². The minimum absolute atomic E-state index is 0.774. The zero-order valence-corrected chi connectivity index (χ0v) is 20.8. The van der Waals surface area contributed by atoms with E-state index < -0.39 is 0 Å². The maximum atomic E-state index is 5.90. The Morgan fingerprint density at radius 3 is 2.33 bits per heavy atom. The third-order valence-electron chi connectivity index (χ3n) is 5.90. The summed E-state index contributed by atoms with van der Waals surface area (Å²) in [7, 11) is 0. The summed E-state index contributed by atoms with van der Waals surface area (Å²) in [5.41, 5.74) is 0.976. The summed E-state index contributed by atoms with van der Waals surface area (Å²) in [6.07, 6.45) is 6.55. The molecule has 1 aliphatic heterocycles. The Hall–Kier alpha value is -2.41. The van der Waals surface area contributed by atoms with Crippen molar-refractivity contribution >= 4 is 34.4 Å². The summed E-state index contributed by atoms with van der Waals surface area (Å²) >= 11 is 7.62. The average Bonchev–Trinajstić information content (AvgIpc) is 3.22. The first-order valence-corrected chi connectivity index (χ1v) is 13.2. The molecule has 1 aromatic heterocycles. The van der Waals surface area contributed by atoms with Crippen molar-refractivity contribution in [1.82, 2.24) is 9.80 Å². The predicted octanol–water partition coefficient (Wildman–Crippen LogP) is 7.01. The summed E-state index contributed by atoms with van der Waals surface area (Å²) in [5.74, 6) is 1.64. The molecule has 0 atom stereocenters. The molecule has 0 saturated carbocycles.